The maximum atomic E-state index is 6.18. The Morgan fingerprint density at radius 1 is 1.28 bits per heavy atom. The molecule has 2 aromatic rings. The SMILES string of the molecule is CCCn1ccnc1-c1ncnc(Cl)c1C(C)C. The summed E-state index contributed by atoms with van der Waals surface area (Å²) in [5.74, 6) is 1.13. The van der Waals surface area contributed by atoms with Gasteiger partial charge in [-0.3, -0.25) is 0 Å². The van der Waals surface area contributed by atoms with Crippen LogP contribution in [0.5, 0.6) is 0 Å². The van der Waals surface area contributed by atoms with Gasteiger partial charge in [-0.1, -0.05) is 32.4 Å². The van der Waals surface area contributed by atoms with Crippen LogP contribution < -0.4 is 0 Å². The molecule has 0 aliphatic heterocycles. The quantitative estimate of drug-likeness (QED) is 0.794. The fourth-order valence-electron chi connectivity index (χ4n) is 2.01. The molecule has 0 atom stereocenters. The van der Waals surface area contributed by atoms with Gasteiger partial charge in [0.1, 0.15) is 17.2 Å². The van der Waals surface area contributed by atoms with Crippen molar-refractivity contribution in [1.82, 2.24) is 19.5 Å². The lowest BCUT2D eigenvalue weighted by Crippen LogP contribution is -2.05. The van der Waals surface area contributed by atoms with E-state index in [9.17, 15) is 0 Å². The summed E-state index contributed by atoms with van der Waals surface area (Å²) in [5, 5.41) is 0.515. The summed E-state index contributed by atoms with van der Waals surface area (Å²) in [6.07, 6.45) is 6.32. The standard InChI is InChI=1S/C13H17ClN4/c1-4-6-18-7-5-15-13(18)11-10(9(2)3)12(14)17-8-16-11/h5,7-9H,4,6H2,1-3H3. The first kappa shape index (κ1) is 13.0. The molecular formula is C13H17ClN4. The zero-order valence-corrected chi connectivity index (χ0v) is 11.6. The minimum absolute atomic E-state index is 0.264. The molecule has 4 nitrogen and oxygen atoms in total. The van der Waals surface area contributed by atoms with Crippen LogP contribution in [0.1, 0.15) is 38.7 Å². The molecule has 0 saturated heterocycles. The van der Waals surface area contributed by atoms with Crippen LogP contribution in [0.25, 0.3) is 11.5 Å². The third-order valence-electron chi connectivity index (χ3n) is 2.80. The first-order chi connectivity index (χ1) is 8.65. The monoisotopic (exact) mass is 264 g/mol. The molecule has 0 spiro atoms. The van der Waals surface area contributed by atoms with Crippen molar-refractivity contribution >= 4 is 11.6 Å². The summed E-state index contributed by atoms with van der Waals surface area (Å²) < 4.78 is 2.10. The Balaban J connectivity index is 2.56. The maximum Gasteiger partial charge on any atom is 0.159 e. The van der Waals surface area contributed by atoms with E-state index in [4.69, 9.17) is 11.6 Å². The van der Waals surface area contributed by atoms with E-state index in [1.807, 2.05) is 6.20 Å². The number of nitrogens with zero attached hydrogens (tertiary/aromatic N) is 4. The van der Waals surface area contributed by atoms with Crippen LogP contribution in [-0.4, -0.2) is 19.5 Å². The Labute approximate surface area is 112 Å². The Kier molecular flexibility index (Phi) is 3.97. The molecule has 2 aromatic heterocycles. The molecule has 18 heavy (non-hydrogen) atoms. The van der Waals surface area contributed by atoms with E-state index >= 15 is 0 Å². The van der Waals surface area contributed by atoms with Crippen LogP contribution in [0, 0.1) is 0 Å². The molecule has 0 radical (unpaired) electrons. The minimum Gasteiger partial charge on any atom is -0.330 e. The van der Waals surface area contributed by atoms with E-state index in [0.717, 1.165) is 30.0 Å². The van der Waals surface area contributed by atoms with Crippen LogP contribution >= 0.6 is 11.6 Å². The van der Waals surface area contributed by atoms with Gasteiger partial charge in [-0.25, -0.2) is 15.0 Å². The highest BCUT2D eigenvalue weighted by Crippen LogP contribution is 2.30. The van der Waals surface area contributed by atoms with Crippen molar-refractivity contribution in [2.75, 3.05) is 0 Å². The highest BCUT2D eigenvalue weighted by atomic mass is 35.5. The van der Waals surface area contributed by atoms with Gasteiger partial charge in [0.25, 0.3) is 0 Å². The van der Waals surface area contributed by atoms with Crippen molar-refractivity contribution in [2.45, 2.75) is 39.7 Å². The lowest BCUT2D eigenvalue weighted by molar-refractivity contribution is 0.681. The fourth-order valence-corrected chi connectivity index (χ4v) is 2.36. The van der Waals surface area contributed by atoms with Crippen molar-refractivity contribution in [1.29, 1.82) is 0 Å². The number of halogens is 1. The first-order valence-electron chi connectivity index (χ1n) is 6.17. The Bertz CT molecular complexity index is 534. The molecule has 2 rings (SSSR count). The number of rotatable bonds is 4. The molecule has 0 aliphatic rings. The molecule has 2 heterocycles. The molecule has 0 saturated carbocycles. The molecule has 0 aliphatic carbocycles. The fraction of sp³-hybridized carbons (Fsp3) is 0.462. The van der Waals surface area contributed by atoms with Crippen LogP contribution in [-0.2, 0) is 6.54 Å². The molecule has 96 valence electrons. The van der Waals surface area contributed by atoms with E-state index in [1.165, 1.54) is 6.33 Å². The van der Waals surface area contributed by atoms with Gasteiger partial charge in [0.05, 0.1) is 0 Å². The minimum atomic E-state index is 0.264. The van der Waals surface area contributed by atoms with Crippen molar-refractivity contribution < 1.29 is 0 Å². The molecule has 0 bridgehead atoms. The van der Waals surface area contributed by atoms with Crippen LogP contribution in [0.4, 0.5) is 0 Å². The summed E-state index contributed by atoms with van der Waals surface area (Å²) in [6.45, 7) is 7.23. The van der Waals surface area contributed by atoms with E-state index < -0.39 is 0 Å². The van der Waals surface area contributed by atoms with Gasteiger partial charge in [0.15, 0.2) is 5.82 Å². The van der Waals surface area contributed by atoms with Gasteiger partial charge >= 0.3 is 0 Å². The molecule has 0 unspecified atom stereocenters. The average molecular weight is 265 g/mol. The normalized spacial score (nSPS) is 11.2. The van der Waals surface area contributed by atoms with Gasteiger partial charge in [-0.2, -0.15) is 0 Å². The molecule has 0 aromatic carbocycles. The Morgan fingerprint density at radius 2 is 2.06 bits per heavy atom. The van der Waals surface area contributed by atoms with Crippen molar-refractivity contribution in [3.63, 3.8) is 0 Å². The lowest BCUT2D eigenvalue weighted by Gasteiger charge is -2.13. The lowest BCUT2D eigenvalue weighted by atomic mass is 10.0. The number of aryl methyl sites for hydroxylation is 1. The summed E-state index contributed by atoms with van der Waals surface area (Å²) in [5.41, 5.74) is 1.80. The van der Waals surface area contributed by atoms with Crippen molar-refractivity contribution in [3.05, 3.63) is 29.4 Å². The molecule has 0 fully saturated rings. The zero-order chi connectivity index (χ0) is 13.1. The molecule has 0 N–H and O–H groups in total. The predicted molar refractivity (Wildman–Crippen MR) is 72.6 cm³/mol. The van der Waals surface area contributed by atoms with Gasteiger partial charge in [0, 0.05) is 24.5 Å². The number of imidazole rings is 1. The molecule has 5 heteroatoms. The smallest absolute Gasteiger partial charge is 0.159 e. The third-order valence-corrected chi connectivity index (χ3v) is 3.11. The maximum absolute atomic E-state index is 6.18. The first-order valence-corrected chi connectivity index (χ1v) is 6.54. The van der Waals surface area contributed by atoms with E-state index in [2.05, 4.69) is 40.3 Å². The highest BCUT2D eigenvalue weighted by Gasteiger charge is 2.18. The van der Waals surface area contributed by atoms with Crippen LogP contribution in [0.15, 0.2) is 18.7 Å². The van der Waals surface area contributed by atoms with E-state index in [1.54, 1.807) is 6.20 Å². The van der Waals surface area contributed by atoms with Crippen molar-refractivity contribution in [2.24, 2.45) is 0 Å². The second kappa shape index (κ2) is 5.48. The van der Waals surface area contributed by atoms with Crippen molar-refractivity contribution in [3.8, 4) is 11.5 Å². The van der Waals surface area contributed by atoms with E-state index in [0.29, 0.717) is 5.15 Å². The highest BCUT2D eigenvalue weighted by molar-refractivity contribution is 6.30. The van der Waals surface area contributed by atoms with Gasteiger partial charge in [-0.15, -0.1) is 0 Å². The second-order valence-corrected chi connectivity index (χ2v) is 4.88. The number of hydrogen-bond donors (Lipinski definition) is 0. The topological polar surface area (TPSA) is 43.6 Å². The summed E-state index contributed by atoms with van der Waals surface area (Å²) in [7, 11) is 0. The number of aromatic nitrogens is 4. The molecular weight excluding hydrogens is 248 g/mol. The van der Waals surface area contributed by atoms with Gasteiger partial charge in [-0.05, 0) is 12.3 Å². The van der Waals surface area contributed by atoms with Gasteiger partial charge in [0.2, 0.25) is 0 Å². The van der Waals surface area contributed by atoms with Gasteiger partial charge < -0.3 is 4.57 Å². The number of hydrogen-bond acceptors (Lipinski definition) is 3. The molecule has 0 amide bonds. The summed E-state index contributed by atoms with van der Waals surface area (Å²) >= 11 is 6.18. The Morgan fingerprint density at radius 3 is 2.72 bits per heavy atom. The largest absolute Gasteiger partial charge is 0.330 e. The Hall–Kier alpha value is -1.42. The van der Waals surface area contributed by atoms with E-state index in [-0.39, 0.29) is 5.92 Å². The third kappa shape index (κ3) is 2.38. The summed E-state index contributed by atoms with van der Waals surface area (Å²) in [6, 6.07) is 0. The predicted octanol–water partition coefficient (Wildman–Crippen LogP) is 3.53. The summed E-state index contributed by atoms with van der Waals surface area (Å²) in [4.78, 5) is 12.8. The zero-order valence-electron chi connectivity index (χ0n) is 10.9. The van der Waals surface area contributed by atoms with Crippen LogP contribution in [0.2, 0.25) is 5.15 Å². The average Bonchev–Trinajstić information content (AvgIpc) is 2.76. The van der Waals surface area contributed by atoms with Crippen LogP contribution in [0.3, 0.4) is 0 Å². The second-order valence-electron chi connectivity index (χ2n) is 4.53.